The minimum atomic E-state index is -0.585. The van der Waals surface area contributed by atoms with Crippen LogP contribution in [0.4, 0.5) is 4.39 Å². The van der Waals surface area contributed by atoms with Gasteiger partial charge in [-0.3, -0.25) is 4.79 Å². The van der Waals surface area contributed by atoms with Gasteiger partial charge in [-0.05, 0) is 29.8 Å². The Hall–Kier alpha value is -2.93. The summed E-state index contributed by atoms with van der Waals surface area (Å²) < 4.78 is 13.3. The second-order valence-corrected chi connectivity index (χ2v) is 4.83. The zero-order chi connectivity index (χ0) is 15.0. The van der Waals surface area contributed by atoms with Crippen molar-refractivity contribution in [3.63, 3.8) is 0 Å². The fourth-order valence-electron chi connectivity index (χ4n) is 2.45. The summed E-state index contributed by atoms with van der Waals surface area (Å²) in [5, 5.41) is 18.6. The molecular weight excluding hydrogens is 269 g/mol. The van der Waals surface area contributed by atoms with Crippen molar-refractivity contribution in [2.45, 2.75) is 6.42 Å². The number of nitriles is 1. The van der Waals surface area contributed by atoms with Crippen LogP contribution in [0.3, 0.4) is 0 Å². The molecule has 0 fully saturated rings. The molecule has 0 aromatic heterocycles. The lowest BCUT2D eigenvalue weighted by molar-refractivity contribution is 0.104. The highest BCUT2D eigenvalue weighted by Crippen LogP contribution is 2.33. The van der Waals surface area contributed by atoms with Crippen LogP contribution in [0.25, 0.3) is 6.08 Å². The second kappa shape index (κ2) is 4.88. The summed E-state index contributed by atoms with van der Waals surface area (Å²) in [5.41, 5.74) is 2.14. The standard InChI is InChI=1S/C17H10FNO2/c18-15-5-4-10(7-12(15)9-19)6-11-8-14-13(17(11)21)2-1-3-16(14)20/h1-7,20H,8H2/b11-6+. The maximum atomic E-state index is 13.3. The number of fused-ring (bicyclic) bond motifs is 1. The van der Waals surface area contributed by atoms with Crippen LogP contribution in [-0.2, 0) is 6.42 Å². The Kier molecular flexibility index (Phi) is 3.03. The summed E-state index contributed by atoms with van der Waals surface area (Å²) in [6, 6.07) is 10.7. The lowest BCUT2D eigenvalue weighted by Gasteiger charge is -1.99. The van der Waals surface area contributed by atoms with Gasteiger partial charge in [0.25, 0.3) is 0 Å². The van der Waals surface area contributed by atoms with E-state index in [1.165, 1.54) is 18.2 Å². The maximum Gasteiger partial charge on any atom is 0.189 e. The average molecular weight is 279 g/mol. The maximum absolute atomic E-state index is 13.3. The minimum absolute atomic E-state index is 0.0600. The second-order valence-electron chi connectivity index (χ2n) is 4.83. The van der Waals surface area contributed by atoms with Gasteiger partial charge in [-0.25, -0.2) is 4.39 Å². The number of Topliss-reactive ketones (excluding diaryl/α,β-unsaturated/α-hetero) is 1. The van der Waals surface area contributed by atoms with E-state index >= 15 is 0 Å². The van der Waals surface area contributed by atoms with Gasteiger partial charge in [0, 0.05) is 23.1 Å². The summed E-state index contributed by atoms with van der Waals surface area (Å²) >= 11 is 0. The lowest BCUT2D eigenvalue weighted by Crippen LogP contribution is -1.95. The van der Waals surface area contributed by atoms with E-state index in [1.54, 1.807) is 30.3 Å². The van der Waals surface area contributed by atoms with Crippen molar-refractivity contribution < 1.29 is 14.3 Å². The van der Waals surface area contributed by atoms with E-state index in [2.05, 4.69) is 0 Å². The smallest absolute Gasteiger partial charge is 0.189 e. The number of ketones is 1. The SMILES string of the molecule is N#Cc1cc(/C=C2\Cc3c(O)cccc3C2=O)ccc1F. The van der Waals surface area contributed by atoms with E-state index in [1.807, 2.05) is 0 Å². The Bertz CT molecular complexity index is 831. The van der Waals surface area contributed by atoms with E-state index in [9.17, 15) is 14.3 Å². The molecule has 2 aromatic carbocycles. The molecule has 3 rings (SSSR count). The van der Waals surface area contributed by atoms with E-state index < -0.39 is 5.82 Å². The molecule has 3 nitrogen and oxygen atoms in total. The molecule has 1 aliphatic rings. The van der Waals surface area contributed by atoms with Crippen molar-refractivity contribution >= 4 is 11.9 Å². The summed E-state index contributed by atoms with van der Waals surface area (Å²) in [7, 11) is 0. The molecule has 0 heterocycles. The minimum Gasteiger partial charge on any atom is -0.508 e. The van der Waals surface area contributed by atoms with Crippen LogP contribution in [0.2, 0.25) is 0 Å². The molecule has 4 heteroatoms. The zero-order valence-corrected chi connectivity index (χ0v) is 10.9. The van der Waals surface area contributed by atoms with Gasteiger partial charge in [0.05, 0.1) is 5.56 Å². The molecule has 0 bridgehead atoms. The molecule has 0 unspecified atom stereocenters. The number of benzene rings is 2. The molecule has 1 N–H and O–H groups in total. The van der Waals surface area contributed by atoms with E-state index in [0.29, 0.717) is 28.7 Å². The van der Waals surface area contributed by atoms with Crippen LogP contribution in [0.1, 0.15) is 27.0 Å². The molecule has 0 aliphatic heterocycles. The molecule has 0 spiro atoms. The third-order valence-corrected chi connectivity index (χ3v) is 3.51. The number of nitrogens with zero attached hydrogens (tertiary/aromatic N) is 1. The summed E-state index contributed by atoms with van der Waals surface area (Å²) in [4.78, 5) is 12.3. The molecule has 102 valence electrons. The molecule has 0 amide bonds. The van der Waals surface area contributed by atoms with Gasteiger partial charge in [0.2, 0.25) is 0 Å². The topological polar surface area (TPSA) is 61.1 Å². The number of hydrogen-bond acceptors (Lipinski definition) is 3. The first-order valence-corrected chi connectivity index (χ1v) is 6.36. The molecule has 0 atom stereocenters. The number of hydrogen-bond donors (Lipinski definition) is 1. The molecule has 21 heavy (non-hydrogen) atoms. The van der Waals surface area contributed by atoms with E-state index in [0.717, 1.165) is 0 Å². The quantitative estimate of drug-likeness (QED) is 0.815. The van der Waals surface area contributed by atoms with Crippen LogP contribution in [-0.4, -0.2) is 10.9 Å². The number of allylic oxidation sites excluding steroid dienone is 1. The Morgan fingerprint density at radius 3 is 2.81 bits per heavy atom. The molecule has 0 saturated heterocycles. The highest BCUT2D eigenvalue weighted by molar-refractivity contribution is 6.16. The van der Waals surface area contributed by atoms with Crippen LogP contribution in [0.5, 0.6) is 5.75 Å². The fraction of sp³-hybridized carbons (Fsp3) is 0.0588. The Morgan fingerprint density at radius 1 is 1.29 bits per heavy atom. The van der Waals surface area contributed by atoms with Crippen LogP contribution >= 0.6 is 0 Å². The first-order valence-electron chi connectivity index (χ1n) is 6.36. The van der Waals surface area contributed by atoms with E-state index in [4.69, 9.17) is 5.26 Å². The van der Waals surface area contributed by atoms with Gasteiger partial charge in [0.15, 0.2) is 5.78 Å². The summed E-state index contributed by atoms with van der Waals surface area (Å²) in [6.45, 7) is 0. The third kappa shape index (κ3) is 2.19. The average Bonchev–Trinajstić information content (AvgIpc) is 2.80. The van der Waals surface area contributed by atoms with Crippen molar-refractivity contribution in [3.05, 3.63) is 70.0 Å². The van der Waals surface area contributed by atoms with Gasteiger partial charge in [0.1, 0.15) is 17.6 Å². The van der Waals surface area contributed by atoms with Crippen LogP contribution in [0, 0.1) is 17.1 Å². The number of phenolic OH excluding ortho intramolecular Hbond substituents is 1. The number of rotatable bonds is 1. The van der Waals surface area contributed by atoms with E-state index in [-0.39, 0.29) is 17.1 Å². The predicted molar refractivity (Wildman–Crippen MR) is 75.2 cm³/mol. The highest BCUT2D eigenvalue weighted by atomic mass is 19.1. The Balaban J connectivity index is 2.02. The van der Waals surface area contributed by atoms with Gasteiger partial charge in [-0.1, -0.05) is 18.2 Å². The lowest BCUT2D eigenvalue weighted by atomic mass is 10.1. The normalized spacial score (nSPS) is 15.0. The van der Waals surface area contributed by atoms with Crippen molar-refractivity contribution in [2.24, 2.45) is 0 Å². The third-order valence-electron chi connectivity index (χ3n) is 3.51. The predicted octanol–water partition coefficient (Wildman–Crippen LogP) is 3.23. The molecule has 0 saturated carbocycles. The van der Waals surface area contributed by atoms with Gasteiger partial charge >= 0.3 is 0 Å². The first kappa shape index (κ1) is 13.1. The Morgan fingerprint density at radius 2 is 2.10 bits per heavy atom. The molecule has 2 aromatic rings. The van der Waals surface area contributed by atoms with Crippen molar-refractivity contribution in [3.8, 4) is 11.8 Å². The number of carbonyl (C=O) groups excluding carboxylic acids is 1. The van der Waals surface area contributed by atoms with Crippen molar-refractivity contribution in [1.29, 1.82) is 5.26 Å². The molecular formula is C17H10FNO2. The largest absolute Gasteiger partial charge is 0.508 e. The number of carbonyl (C=O) groups is 1. The Labute approximate surface area is 120 Å². The number of halogens is 1. The van der Waals surface area contributed by atoms with Gasteiger partial charge in [-0.2, -0.15) is 5.26 Å². The van der Waals surface area contributed by atoms with Crippen LogP contribution < -0.4 is 0 Å². The van der Waals surface area contributed by atoms with Gasteiger partial charge in [-0.15, -0.1) is 0 Å². The first-order chi connectivity index (χ1) is 10.1. The number of phenols is 1. The van der Waals surface area contributed by atoms with Gasteiger partial charge < -0.3 is 5.11 Å². The van der Waals surface area contributed by atoms with Crippen molar-refractivity contribution in [1.82, 2.24) is 0 Å². The molecule has 0 radical (unpaired) electrons. The fourth-order valence-corrected chi connectivity index (χ4v) is 2.45. The van der Waals surface area contributed by atoms with Crippen LogP contribution in [0.15, 0.2) is 42.0 Å². The zero-order valence-electron chi connectivity index (χ0n) is 10.9. The molecule has 1 aliphatic carbocycles. The summed E-state index contributed by atoms with van der Waals surface area (Å²) in [6.07, 6.45) is 1.96. The number of aromatic hydroxyl groups is 1. The highest BCUT2D eigenvalue weighted by Gasteiger charge is 2.26. The summed E-state index contributed by atoms with van der Waals surface area (Å²) in [5.74, 6) is -0.636. The monoisotopic (exact) mass is 279 g/mol. The van der Waals surface area contributed by atoms with Crippen molar-refractivity contribution in [2.75, 3.05) is 0 Å².